The highest BCUT2D eigenvalue weighted by Crippen LogP contribution is 2.34. The molecule has 0 amide bonds. The lowest BCUT2D eigenvalue weighted by molar-refractivity contribution is 0.310. The van der Waals surface area contributed by atoms with Crippen LogP contribution in [0.15, 0.2) is 53.4 Å². The molecule has 50 heavy (non-hydrogen) atoms. The molecule has 0 radical (unpaired) electrons. The predicted molar refractivity (Wildman–Crippen MR) is 199 cm³/mol. The van der Waals surface area contributed by atoms with Crippen LogP contribution in [0, 0.1) is 6.92 Å². The molecular weight excluding hydrogens is 753 g/mol. The summed E-state index contributed by atoms with van der Waals surface area (Å²) in [5.41, 5.74) is 7.29. The van der Waals surface area contributed by atoms with Crippen LogP contribution in [-0.4, -0.2) is 85.8 Å². The SMILES string of the molecule is CCCOc1cc(NNc2ccc3ccccc3c2S(=O)(=O)O)c(C)cc1NC1NC(SCCCS(=O)(=O)O)NC(SCCCS(=O)(=O)O)N1. The van der Waals surface area contributed by atoms with Crippen LogP contribution in [0.3, 0.4) is 0 Å². The maximum absolute atomic E-state index is 12.4. The van der Waals surface area contributed by atoms with Crippen molar-refractivity contribution in [2.45, 2.75) is 55.3 Å². The summed E-state index contributed by atoms with van der Waals surface area (Å²) in [4.78, 5) is -0.264. The highest BCUT2D eigenvalue weighted by atomic mass is 32.2. The third kappa shape index (κ3) is 12.6. The first-order valence-electron chi connectivity index (χ1n) is 15.5. The molecular formula is C29H42N6O10S5. The van der Waals surface area contributed by atoms with Gasteiger partial charge in [0.05, 0.1) is 35.2 Å². The van der Waals surface area contributed by atoms with Gasteiger partial charge in [0.2, 0.25) is 0 Å². The van der Waals surface area contributed by atoms with Crippen molar-refractivity contribution < 1.29 is 43.6 Å². The molecule has 2 unspecified atom stereocenters. The molecule has 1 saturated heterocycles. The Morgan fingerprint density at radius 2 is 1.38 bits per heavy atom. The summed E-state index contributed by atoms with van der Waals surface area (Å²) < 4.78 is 104. The Morgan fingerprint density at radius 1 is 0.780 bits per heavy atom. The molecule has 0 saturated carbocycles. The standard InChI is InChI=1S/C29H42N6O10S5/c1-3-12-45-25-18-23(35-34-22-11-10-20-8-4-5-9-21(20)26(22)50(42,43)44)19(2)17-24(25)30-27-31-28(46-13-6-15-48(36,37)38)33-29(32-27)47-14-7-16-49(39,40)41/h4-5,8-11,17-18,27-35H,3,6-7,12-16H2,1-2H3,(H,36,37,38)(H,39,40,41)(H,42,43,44). The van der Waals surface area contributed by atoms with Crippen molar-refractivity contribution in [1.29, 1.82) is 0 Å². The molecule has 9 N–H and O–H groups in total. The zero-order valence-electron chi connectivity index (χ0n) is 27.2. The second-order valence-corrected chi connectivity index (χ2v) is 18.2. The highest BCUT2D eigenvalue weighted by Gasteiger charge is 2.28. The lowest BCUT2D eigenvalue weighted by Crippen LogP contribution is -2.67. The molecule has 0 bridgehead atoms. The number of fused-ring (bicyclic) bond motifs is 1. The summed E-state index contributed by atoms with van der Waals surface area (Å²) in [6.07, 6.45) is 0.618. The van der Waals surface area contributed by atoms with Gasteiger partial charge in [-0.25, -0.2) is 0 Å². The Morgan fingerprint density at radius 3 is 1.96 bits per heavy atom. The fourth-order valence-corrected chi connectivity index (χ4v) is 9.28. The van der Waals surface area contributed by atoms with Crippen molar-refractivity contribution in [3.8, 4) is 5.75 Å². The van der Waals surface area contributed by atoms with Gasteiger partial charge in [0, 0.05) is 11.5 Å². The van der Waals surface area contributed by atoms with Gasteiger partial charge < -0.3 is 15.5 Å². The summed E-state index contributed by atoms with van der Waals surface area (Å²) >= 11 is 2.79. The second kappa shape index (κ2) is 17.8. The van der Waals surface area contributed by atoms with E-state index in [1.54, 1.807) is 42.5 Å². The van der Waals surface area contributed by atoms with Crippen molar-refractivity contribution in [3.05, 3.63) is 54.1 Å². The van der Waals surface area contributed by atoms with E-state index >= 15 is 0 Å². The topological polar surface area (TPSA) is 245 Å². The third-order valence-electron chi connectivity index (χ3n) is 7.16. The summed E-state index contributed by atoms with van der Waals surface area (Å²) in [5, 5.41) is 14.4. The van der Waals surface area contributed by atoms with Crippen molar-refractivity contribution in [3.63, 3.8) is 0 Å². The molecule has 278 valence electrons. The Bertz CT molecular complexity index is 1900. The van der Waals surface area contributed by atoms with E-state index in [9.17, 15) is 29.8 Å². The number of anilines is 3. The fourth-order valence-electron chi connectivity index (χ4n) is 4.92. The van der Waals surface area contributed by atoms with Crippen LogP contribution in [0.2, 0.25) is 0 Å². The van der Waals surface area contributed by atoms with Gasteiger partial charge in [-0.15, -0.1) is 23.5 Å². The fraction of sp³-hybridized carbons (Fsp3) is 0.448. The first-order valence-corrected chi connectivity index (χ1v) is 22.2. The van der Waals surface area contributed by atoms with Crippen LogP contribution < -0.4 is 36.9 Å². The molecule has 1 aliphatic rings. The van der Waals surface area contributed by atoms with Gasteiger partial charge in [0.15, 0.2) is 0 Å². The minimum Gasteiger partial charge on any atom is -0.491 e. The molecule has 1 heterocycles. The van der Waals surface area contributed by atoms with Gasteiger partial charge in [-0.3, -0.25) is 35.0 Å². The smallest absolute Gasteiger partial charge is 0.297 e. The summed E-state index contributed by atoms with van der Waals surface area (Å²) in [6.45, 7) is 4.20. The average molecular weight is 795 g/mol. The maximum Gasteiger partial charge on any atom is 0.297 e. The van der Waals surface area contributed by atoms with Crippen molar-refractivity contribution in [2.75, 3.05) is 45.8 Å². The number of nitrogens with one attached hydrogen (secondary N) is 6. The number of aryl methyl sites for hydroxylation is 1. The third-order valence-corrected chi connectivity index (χ3v) is 12.0. The minimum absolute atomic E-state index is 0.146. The van der Waals surface area contributed by atoms with E-state index in [0.29, 0.717) is 46.0 Å². The molecule has 21 heteroatoms. The largest absolute Gasteiger partial charge is 0.491 e. The molecule has 0 aliphatic carbocycles. The van der Waals surface area contributed by atoms with Crippen LogP contribution in [-0.2, 0) is 30.4 Å². The number of hydrogen-bond acceptors (Lipinski definition) is 15. The van der Waals surface area contributed by atoms with Gasteiger partial charge in [-0.1, -0.05) is 37.3 Å². The Labute approximate surface area is 300 Å². The first-order chi connectivity index (χ1) is 23.5. The summed E-state index contributed by atoms with van der Waals surface area (Å²) in [5.74, 6) is 0.555. The van der Waals surface area contributed by atoms with E-state index in [2.05, 4.69) is 32.1 Å². The molecule has 1 aliphatic heterocycles. The molecule has 2 atom stereocenters. The molecule has 4 rings (SSSR count). The van der Waals surface area contributed by atoms with Gasteiger partial charge in [0.1, 0.15) is 27.9 Å². The van der Waals surface area contributed by atoms with Gasteiger partial charge >= 0.3 is 0 Å². The molecule has 16 nitrogen and oxygen atoms in total. The van der Waals surface area contributed by atoms with Crippen molar-refractivity contribution in [2.24, 2.45) is 0 Å². The summed E-state index contributed by atoms with van der Waals surface area (Å²) in [7, 11) is -12.8. The number of hydrogen-bond donors (Lipinski definition) is 9. The zero-order chi connectivity index (χ0) is 36.5. The number of benzene rings is 3. The number of thioether (sulfide) groups is 2. The molecule has 0 aromatic heterocycles. The lowest BCUT2D eigenvalue weighted by Gasteiger charge is -2.39. The number of rotatable bonds is 19. The van der Waals surface area contributed by atoms with E-state index < -0.39 is 36.6 Å². The maximum atomic E-state index is 12.4. The average Bonchev–Trinajstić information content (AvgIpc) is 3.02. The van der Waals surface area contributed by atoms with Crippen molar-refractivity contribution >= 4 is 81.7 Å². The normalized spacial score (nSPS) is 18.5. The van der Waals surface area contributed by atoms with Crippen LogP contribution in [0.25, 0.3) is 10.8 Å². The second-order valence-electron chi connectivity index (χ2n) is 11.3. The quantitative estimate of drug-likeness (QED) is 0.0477. The Balaban J connectivity index is 1.53. The van der Waals surface area contributed by atoms with E-state index in [4.69, 9.17) is 13.8 Å². The van der Waals surface area contributed by atoms with Gasteiger partial charge in [0.25, 0.3) is 30.4 Å². The van der Waals surface area contributed by atoms with Crippen LogP contribution in [0.5, 0.6) is 5.75 Å². The predicted octanol–water partition coefficient (Wildman–Crippen LogP) is 3.69. The highest BCUT2D eigenvalue weighted by molar-refractivity contribution is 8.00. The first kappa shape index (κ1) is 40.2. The van der Waals surface area contributed by atoms with E-state index in [1.165, 1.54) is 23.5 Å². The van der Waals surface area contributed by atoms with Crippen molar-refractivity contribution in [1.82, 2.24) is 16.0 Å². The Kier molecular flexibility index (Phi) is 14.3. The molecule has 3 aromatic carbocycles. The minimum atomic E-state index is -4.59. The number of ether oxygens (including phenoxy) is 1. The van der Waals surface area contributed by atoms with E-state index in [1.807, 2.05) is 19.9 Å². The van der Waals surface area contributed by atoms with Crippen LogP contribution >= 0.6 is 23.5 Å². The van der Waals surface area contributed by atoms with E-state index in [-0.39, 0.29) is 45.9 Å². The molecule has 1 fully saturated rings. The zero-order valence-corrected chi connectivity index (χ0v) is 31.3. The molecule has 0 spiro atoms. The molecule has 3 aromatic rings. The van der Waals surface area contributed by atoms with Crippen LogP contribution in [0.1, 0.15) is 31.7 Å². The van der Waals surface area contributed by atoms with E-state index in [0.717, 1.165) is 12.0 Å². The Hall–Kier alpha value is -2.57. The monoisotopic (exact) mass is 794 g/mol. The van der Waals surface area contributed by atoms with Crippen LogP contribution in [0.4, 0.5) is 17.1 Å². The number of hydrazine groups is 1. The van der Waals surface area contributed by atoms with Gasteiger partial charge in [-0.05, 0) is 60.8 Å². The lowest BCUT2D eigenvalue weighted by atomic mass is 10.1. The van der Waals surface area contributed by atoms with Gasteiger partial charge in [-0.2, -0.15) is 25.3 Å². The summed E-state index contributed by atoms with van der Waals surface area (Å²) in [6, 6.07) is 13.7.